The molecule has 1 aromatic carbocycles. The van der Waals surface area contributed by atoms with E-state index in [-0.39, 0.29) is 43.9 Å². The van der Waals surface area contributed by atoms with Crippen molar-refractivity contribution in [2.75, 3.05) is 9.80 Å². The molecule has 0 bridgehead atoms. The topological polar surface area (TPSA) is 542 Å². The molecule has 4 N–H and O–H groups in total. The van der Waals surface area contributed by atoms with Crippen LogP contribution in [0.2, 0.25) is 0 Å². The van der Waals surface area contributed by atoms with Crippen LogP contribution in [0.1, 0.15) is 22.8 Å². The maximum absolute atomic E-state index is 8.49. The molecule has 0 aliphatic carbocycles. The van der Waals surface area contributed by atoms with Crippen molar-refractivity contribution in [2.24, 2.45) is 0 Å². The monoisotopic (exact) mass is 1330 g/mol. The molecule has 0 radical (unpaired) electrons. The fourth-order valence-corrected chi connectivity index (χ4v) is 6.17. The van der Waals surface area contributed by atoms with Crippen LogP contribution in [-0.4, -0.2) is 50.8 Å². The molecule has 8 heterocycles. The normalized spacial score (nSPS) is 10.2. The van der Waals surface area contributed by atoms with Crippen molar-refractivity contribution in [3.63, 3.8) is 0 Å². The second-order valence-corrected chi connectivity index (χ2v) is 17.9. The third-order valence-corrected chi connectivity index (χ3v) is 9.06. The number of anilines is 2. The number of halogens is 4. The summed E-state index contributed by atoms with van der Waals surface area (Å²) in [5.41, 5.74) is 9.92. The summed E-state index contributed by atoms with van der Waals surface area (Å²) in [5.74, 6) is 0. The Hall–Kier alpha value is -6.55. The van der Waals surface area contributed by atoms with Crippen LogP contribution in [-0.2, 0) is 59.2 Å². The average molecular weight is 1340 g/mol. The molecule has 9 rings (SSSR count). The number of rotatable bonds is 12. The molecule has 0 aliphatic rings. The summed E-state index contributed by atoms with van der Waals surface area (Å²) in [6.45, 7) is 2.73. The van der Waals surface area contributed by atoms with Crippen molar-refractivity contribution in [1.82, 2.24) is 39.9 Å². The Morgan fingerprint density at radius 1 is 0.250 bits per heavy atom. The molecular formula is C50H48Cl4N10Ni2O18. The van der Waals surface area contributed by atoms with Gasteiger partial charge < -0.3 is 20.8 Å². The van der Waals surface area contributed by atoms with Gasteiger partial charge in [0.25, 0.3) is 0 Å². The summed E-state index contributed by atoms with van der Waals surface area (Å²) < 4.78 is 136. The van der Waals surface area contributed by atoms with E-state index in [1.165, 1.54) is 0 Å². The Bertz CT molecular complexity index is 2610. The van der Waals surface area contributed by atoms with Gasteiger partial charge in [-0.25, -0.2) is 74.5 Å². The van der Waals surface area contributed by atoms with E-state index in [1.807, 2.05) is 146 Å². The Balaban J connectivity index is 0. The molecule has 0 amide bonds. The van der Waals surface area contributed by atoms with Crippen LogP contribution in [0.25, 0.3) is 22.8 Å². The van der Waals surface area contributed by atoms with Crippen LogP contribution < -0.4 is 84.3 Å². The summed E-state index contributed by atoms with van der Waals surface area (Å²) in [4.78, 5) is 39.6. The van der Waals surface area contributed by atoms with Crippen molar-refractivity contribution < 1.29 is 159 Å². The minimum atomic E-state index is -4.94. The molecule has 0 atom stereocenters. The third-order valence-electron chi connectivity index (χ3n) is 9.06. The van der Waals surface area contributed by atoms with E-state index in [2.05, 4.69) is 98.2 Å². The molecule has 454 valence electrons. The minimum absolute atomic E-state index is 0. The van der Waals surface area contributed by atoms with E-state index in [9.17, 15) is 0 Å². The smallest absolute Gasteiger partial charge is 0.412 e. The van der Waals surface area contributed by atoms with Crippen molar-refractivity contribution in [3.05, 3.63) is 242 Å². The quantitative estimate of drug-likeness (QED) is 0.103. The number of pyridine rings is 8. The first-order chi connectivity index (χ1) is 37.8. The fourth-order valence-electron chi connectivity index (χ4n) is 6.17. The van der Waals surface area contributed by atoms with Gasteiger partial charge >= 0.3 is 33.0 Å². The van der Waals surface area contributed by atoms with E-state index >= 15 is 0 Å². The molecule has 28 nitrogen and oxygen atoms in total. The van der Waals surface area contributed by atoms with Crippen molar-refractivity contribution in [1.29, 1.82) is 0 Å². The second kappa shape index (κ2) is 42.3. The molecule has 0 saturated heterocycles. The molecule has 8 aromatic heterocycles. The van der Waals surface area contributed by atoms with Crippen LogP contribution in [0, 0.1) is 41.0 Å². The number of hydrogen-bond donors (Lipinski definition) is 0. The second-order valence-electron chi connectivity index (χ2n) is 14.9. The summed E-state index contributed by atoms with van der Waals surface area (Å²) >= 11 is 0. The maximum Gasteiger partial charge on any atom is 2.00 e. The van der Waals surface area contributed by atoms with E-state index in [4.69, 9.17) is 74.5 Å². The zero-order valence-electron chi connectivity index (χ0n) is 42.8. The Kier molecular flexibility index (Phi) is 40.0. The number of nitrogens with zero attached hydrogens (tertiary/aromatic N) is 10. The molecule has 34 heteroatoms. The van der Waals surface area contributed by atoms with Gasteiger partial charge in [-0.15, -0.1) is 41.0 Å². The van der Waals surface area contributed by atoms with Crippen molar-refractivity contribution in [3.8, 4) is 22.8 Å². The maximum atomic E-state index is 8.49. The van der Waals surface area contributed by atoms with Gasteiger partial charge in [0.15, 0.2) is 0 Å². The summed E-state index contributed by atoms with van der Waals surface area (Å²) in [6.07, 6.45) is 14.4. The van der Waals surface area contributed by atoms with Gasteiger partial charge in [0.1, 0.15) is 0 Å². The predicted molar refractivity (Wildman–Crippen MR) is 245 cm³/mol. The molecule has 0 aliphatic heterocycles. The molecule has 84 heavy (non-hydrogen) atoms. The van der Waals surface area contributed by atoms with Crippen LogP contribution in [0.3, 0.4) is 0 Å². The van der Waals surface area contributed by atoms with E-state index in [0.717, 1.165) is 56.9 Å². The molecule has 0 fully saturated rings. The first-order valence-electron chi connectivity index (χ1n) is 22.1. The minimum Gasteiger partial charge on any atom is -0.412 e. The van der Waals surface area contributed by atoms with Gasteiger partial charge in [-0.05, 0) is 115 Å². The largest absolute Gasteiger partial charge is 2.00 e. The standard InChI is InChI=1S/C30H28N6.2C10H8N2.4ClHO4.2Ni.2H2O/c1-5-16-31-25(10-1)21-35(22-26-11-2-6-17-32-26)29-14-9-15-30(20-29)36(23-27-12-3-7-18-33-27)24-28-13-4-8-19-34-28;2*1-3-7-11-9(5-1)10-6-2-4-8-12-10;4*2-1(3,4)5;;;;/h1-20H,21-24H2;2*1-8H;4*(H,2,3,4,5);;;2*1H2/q;;;;;;;2*+2;;/p-4. The summed E-state index contributed by atoms with van der Waals surface area (Å²) in [5, 5.41) is 0. The van der Waals surface area contributed by atoms with E-state index in [1.54, 1.807) is 24.8 Å². The zero-order chi connectivity index (χ0) is 58.9. The van der Waals surface area contributed by atoms with Gasteiger partial charge in [0.2, 0.25) is 0 Å². The molecule has 0 spiro atoms. The predicted octanol–water partition coefficient (Wildman–Crippen LogP) is -10.7. The summed E-state index contributed by atoms with van der Waals surface area (Å²) in [6, 6.07) is 56.0. The van der Waals surface area contributed by atoms with Crippen LogP contribution >= 0.6 is 0 Å². The van der Waals surface area contributed by atoms with Crippen molar-refractivity contribution in [2.45, 2.75) is 26.2 Å². The van der Waals surface area contributed by atoms with Gasteiger partial charge in [-0.3, -0.25) is 39.9 Å². The molecule has 9 aromatic rings. The SMILES string of the molecule is O.O.[Ni+2].[Ni+2].[O-][Cl+3]([O-])([O-])[O-].[O-][Cl+3]([O-])([O-])[O-].[O-][Cl+3]([O-])([O-])[O-].[O-][Cl+3]([O-])([O-])[O-].c1ccc(-c2ccccn2)nc1.c1ccc(-c2ccccn2)nc1.c1ccc(CN(Cc2ccccn2)c2cccc(N(Cc3ccccn3)Cc3ccccn3)c2)nc1. The number of hydrogen-bond acceptors (Lipinski definition) is 26. The van der Waals surface area contributed by atoms with Gasteiger partial charge in [0, 0.05) is 60.9 Å². The van der Waals surface area contributed by atoms with Crippen molar-refractivity contribution >= 4 is 11.4 Å². The Morgan fingerprint density at radius 3 is 0.583 bits per heavy atom. The first kappa shape index (κ1) is 79.5. The average Bonchev–Trinajstić information content (AvgIpc) is 3.60. The fraction of sp³-hybridized carbons (Fsp3) is 0.0800. The van der Waals surface area contributed by atoms with Crippen LogP contribution in [0.15, 0.2) is 219 Å². The Morgan fingerprint density at radius 2 is 0.429 bits per heavy atom. The van der Waals surface area contributed by atoms with Gasteiger partial charge in [-0.1, -0.05) is 54.6 Å². The van der Waals surface area contributed by atoms with E-state index < -0.39 is 41.0 Å². The van der Waals surface area contributed by atoms with Crippen LogP contribution in [0.5, 0.6) is 0 Å². The number of benzene rings is 1. The molecular weight excluding hydrogens is 1290 g/mol. The zero-order valence-corrected chi connectivity index (χ0v) is 47.8. The van der Waals surface area contributed by atoms with Gasteiger partial charge in [-0.2, -0.15) is 0 Å². The number of aromatic nitrogens is 8. The first-order valence-corrected chi connectivity index (χ1v) is 27.0. The third kappa shape index (κ3) is 42.3. The van der Waals surface area contributed by atoms with Crippen LogP contribution in [0.4, 0.5) is 11.4 Å². The van der Waals surface area contributed by atoms with Gasteiger partial charge in [0.05, 0.1) is 71.7 Å². The summed E-state index contributed by atoms with van der Waals surface area (Å²) in [7, 11) is -19.8. The molecule has 0 unspecified atom stereocenters. The Labute approximate surface area is 508 Å². The molecule has 0 saturated carbocycles. The van der Waals surface area contributed by atoms with E-state index in [0.29, 0.717) is 26.2 Å².